The summed E-state index contributed by atoms with van der Waals surface area (Å²) in [6.07, 6.45) is 9.72. The maximum absolute atomic E-state index is 14.3. The number of hydrogen-bond acceptors (Lipinski definition) is 14. The fourth-order valence-corrected chi connectivity index (χ4v) is 10.9. The first-order valence-electron chi connectivity index (χ1n) is 22.9. The largest absolute Gasteiger partial charge is 0.462 e. The molecule has 0 aromatic carbocycles. The Labute approximate surface area is 368 Å². The maximum atomic E-state index is 14.3. The molecule has 1 spiro atoms. The first-order chi connectivity index (χ1) is 29.5. The molecule has 3 N–H and O–H groups in total. The minimum Gasteiger partial charge on any atom is -0.462 e. The van der Waals surface area contributed by atoms with Gasteiger partial charge in [-0.3, -0.25) is 4.79 Å². The first kappa shape index (κ1) is 47.6. The summed E-state index contributed by atoms with van der Waals surface area (Å²) in [6, 6.07) is 0.0445. The predicted octanol–water partition coefficient (Wildman–Crippen LogP) is 5.21. The number of carbonyl (C=O) groups is 1. The van der Waals surface area contributed by atoms with Crippen LogP contribution in [0.1, 0.15) is 87.5 Å². The number of nitrogens with one attached hydrogen (secondary N) is 1. The number of methoxy groups -OCH3 is 2. The number of ether oxygens (including phenoxy) is 10. The lowest BCUT2D eigenvalue weighted by Gasteiger charge is -2.48. The second kappa shape index (κ2) is 19.7. The van der Waals surface area contributed by atoms with Crippen molar-refractivity contribution in [2.24, 2.45) is 23.7 Å². The van der Waals surface area contributed by atoms with Crippen molar-refractivity contribution in [2.75, 3.05) is 27.9 Å². The molecular formula is C48H73NO13. The Morgan fingerprint density at radius 2 is 1.60 bits per heavy atom. The van der Waals surface area contributed by atoms with Crippen LogP contribution in [0.4, 0.5) is 0 Å². The Hall–Kier alpha value is -2.31. The normalized spacial score (nSPS) is 48.7. The highest BCUT2D eigenvalue weighted by molar-refractivity contribution is 5.78. The van der Waals surface area contributed by atoms with Crippen LogP contribution in [0, 0.1) is 23.7 Å². The quantitative estimate of drug-likeness (QED) is 0.215. The third-order valence-corrected chi connectivity index (χ3v) is 14.3. The van der Waals surface area contributed by atoms with E-state index in [0.717, 1.165) is 5.57 Å². The lowest BCUT2D eigenvalue weighted by atomic mass is 9.71. The third kappa shape index (κ3) is 9.64. The van der Waals surface area contributed by atoms with Crippen molar-refractivity contribution in [3.05, 3.63) is 59.3 Å². The molecular weight excluding hydrogens is 799 g/mol. The molecule has 6 aliphatic heterocycles. The number of likely N-dealkylation sites (N-methyl/N-ethyl adjacent to an activating group) is 1. The molecule has 1 aliphatic carbocycles. The summed E-state index contributed by atoms with van der Waals surface area (Å²) < 4.78 is 64.3. The molecule has 14 heteroatoms. The SMILES string of the molecule is CN[C@H]1[C@H](C)O[C@@H](O[C@H]2[C@H](C)O[C@@H](O[C@@H]3/C(C)=C/C[C@@H]4C[C@@H](C[C@]5(C=C[C@H](C)[C@@H](C(C)C)O5)O4)OC(=O)[C@@H]4C=C(C)[C@@H](O)[C@H]5OC/C(=C\C=C\[C@@H]3C)[C@]54O)C[C@@H]2OC)C[C@@H]1OC. The molecule has 7 aliphatic rings. The second-order valence-corrected chi connectivity index (χ2v) is 19.1. The molecule has 4 fully saturated rings. The Morgan fingerprint density at radius 1 is 0.887 bits per heavy atom. The average molecular weight is 872 g/mol. The standard InChI is InChI=1S/C48H73NO13/c1-25(2)42-28(5)17-18-47(62-42)23-34-20-33(61-47)16-15-27(4)43(26(3)13-12-14-32-24-55-45-41(50)29(6)19-35(46(51)58-34)48(32,45)52)59-39-22-37(54-11)44(31(8)57-39)60-38-21-36(53-10)40(49-9)30(7)56-38/h12-15,17-19,25-26,28,30-31,33-45,49-50,52H,16,20-24H2,1-11H3/b13-12+,27-15+,32-14+/t26-,28-,30-,31-,33+,34-,35-,36-,37-,38-,39-,40-,41+,42+,43-,44-,45+,47+,48+/m0/s1. The lowest BCUT2D eigenvalue weighted by molar-refractivity contribution is -0.312. The maximum Gasteiger partial charge on any atom is 0.316 e. The fraction of sp³-hybridized carbons (Fsp3) is 0.771. The van der Waals surface area contributed by atoms with E-state index in [1.807, 2.05) is 39.1 Å². The zero-order chi connectivity index (χ0) is 44.7. The van der Waals surface area contributed by atoms with E-state index in [4.69, 9.17) is 47.4 Å². The fourth-order valence-electron chi connectivity index (χ4n) is 10.9. The number of aliphatic hydroxyl groups is 2. The van der Waals surface area contributed by atoms with E-state index in [0.29, 0.717) is 43.3 Å². The van der Waals surface area contributed by atoms with Crippen LogP contribution in [0.5, 0.6) is 0 Å². The Morgan fingerprint density at radius 3 is 2.31 bits per heavy atom. The summed E-state index contributed by atoms with van der Waals surface area (Å²) in [5.74, 6) is -2.56. The molecule has 0 unspecified atom stereocenters. The molecule has 6 heterocycles. The Bertz CT molecular complexity index is 1730. The summed E-state index contributed by atoms with van der Waals surface area (Å²) in [6.45, 7) is 16.3. The predicted molar refractivity (Wildman–Crippen MR) is 230 cm³/mol. The van der Waals surface area contributed by atoms with Crippen LogP contribution < -0.4 is 5.32 Å². The second-order valence-electron chi connectivity index (χ2n) is 19.1. The molecule has 0 aromatic rings. The number of allylic oxidation sites excluding steroid dienone is 2. The molecule has 0 aromatic heterocycles. The van der Waals surface area contributed by atoms with Crippen LogP contribution in [0.25, 0.3) is 0 Å². The van der Waals surface area contributed by atoms with E-state index < -0.39 is 66.4 Å². The van der Waals surface area contributed by atoms with Gasteiger partial charge in [0, 0.05) is 51.7 Å². The van der Waals surface area contributed by atoms with Gasteiger partial charge in [0.25, 0.3) is 0 Å². The van der Waals surface area contributed by atoms with Crippen molar-refractivity contribution in [1.29, 1.82) is 0 Å². The molecule has 14 nitrogen and oxygen atoms in total. The zero-order valence-electron chi connectivity index (χ0n) is 38.6. The van der Waals surface area contributed by atoms with Gasteiger partial charge in [-0.2, -0.15) is 0 Å². The number of rotatable bonds is 8. The topological polar surface area (TPSA) is 162 Å². The smallest absolute Gasteiger partial charge is 0.316 e. The van der Waals surface area contributed by atoms with E-state index in [2.05, 4.69) is 52.1 Å². The molecule has 0 amide bonds. The van der Waals surface area contributed by atoms with Gasteiger partial charge >= 0.3 is 5.97 Å². The van der Waals surface area contributed by atoms with Gasteiger partial charge in [0.2, 0.25) is 0 Å². The van der Waals surface area contributed by atoms with Gasteiger partial charge in [0.15, 0.2) is 18.4 Å². The molecule has 0 radical (unpaired) electrons. The number of esters is 1. The van der Waals surface area contributed by atoms with Gasteiger partial charge in [0.05, 0.1) is 55.4 Å². The van der Waals surface area contributed by atoms with E-state index in [1.165, 1.54) is 0 Å². The summed E-state index contributed by atoms with van der Waals surface area (Å²) in [7, 11) is 5.30. The van der Waals surface area contributed by atoms with E-state index in [-0.39, 0.29) is 67.0 Å². The van der Waals surface area contributed by atoms with Crippen LogP contribution in [0.3, 0.4) is 0 Å². The highest BCUT2D eigenvalue weighted by Crippen LogP contribution is 2.47. The zero-order valence-corrected chi connectivity index (χ0v) is 38.6. The van der Waals surface area contributed by atoms with Gasteiger partial charge in [-0.1, -0.05) is 64.2 Å². The molecule has 2 bridgehead atoms. The summed E-state index contributed by atoms with van der Waals surface area (Å²) in [5.41, 5.74) is 0.176. The summed E-state index contributed by atoms with van der Waals surface area (Å²) >= 11 is 0. The average Bonchev–Trinajstić information content (AvgIpc) is 3.57. The monoisotopic (exact) mass is 872 g/mol. The number of aliphatic hydroxyl groups excluding tert-OH is 1. The Balaban J connectivity index is 1.17. The lowest BCUT2D eigenvalue weighted by Crippen LogP contribution is -2.58. The van der Waals surface area contributed by atoms with E-state index in [9.17, 15) is 15.0 Å². The molecule has 348 valence electrons. The van der Waals surface area contributed by atoms with Crippen LogP contribution in [0.2, 0.25) is 0 Å². The number of hydrogen-bond donors (Lipinski definition) is 3. The highest BCUT2D eigenvalue weighted by atomic mass is 16.7. The molecule has 62 heavy (non-hydrogen) atoms. The molecule has 4 saturated heterocycles. The molecule has 19 atom stereocenters. The van der Waals surface area contributed by atoms with Crippen molar-refractivity contribution in [3.63, 3.8) is 0 Å². The number of carbonyl (C=O) groups excluding carboxylic acids is 1. The van der Waals surface area contributed by atoms with Crippen molar-refractivity contribution >= 4 is 5.97 Å². The summed E-state index contributed by atoms with van der Waals surface area (Å²) in [5, 5.41) is 27.0. The van der Waals surface area contributed by atoms with Crippen molar-refractivity contribution in [3.8, 4) is 0 Å². The van der Waals surface area contributed by atoms with Gasteiger partial charge in [-0.25, -0.2) is 0 Å². The Kier molecular flexibility index (Phi) is 15.1. The number of fused-ring (bicyclic) bond motifs is 2. The first-order valence-corrected chi connectivity index (χ1v) is 22.9. The van der Waals surface area contributed by atoms with Crippen molar-refractivity contribution in [1.82, 2.24) is 5.32 Å². The summed E-state index contributed by atoms with van der Waals surface area (Å²) in [4.78, 5) is 14.3. The molecule has 7 rings (SSSR count). The van der Waals surface area contributed by atoms with E-state index in [1.54, 1.807) is 33.3 Å². The van der Waals surface area contributed by atoms with Gasteiger partial charge in [-0.15, -0.1) is 0 Å². The van der Waals surface area contributed by atoms with Gasteiger partial charge < -0.3 is 62.9 Å². The van der Waals surface area contributed by atoms with Crippen LogP contribution in [-0.4, -0.2) is 141 Å². The van der Waals surface area contributed by atoms with Crippen LogP contribution in [-0.2, 0) is 52.2 Å². The third-order valence-electron chi connectivity index (χ3n) is 14.3. The van der Waals surface area contributed by atoms with Crippen molar-refractivity contribution in [2.45, 2.75) is 185 Å². The highest BCUT2D eigenvalue weighted by Gasteiger charge is 2.60. The van der Waals surface area contributed by atoms with Gasteiger partial charge in [-0.05, 0) is 69.9 Å². The van der Waals surface area contributed by atoms with Crippen LogP contribution >= 0.6 is 0 Å². The molecule has 0 saturated carbocycles. The van der Waals surface area contributed by atoms with Crippen molar-refractivity contribution < 1.29 is 62.4 Å². The van der Waals surface area contributed by atoms with E-state index >= 15 is 0 Å². The minimum absolute atomic E-state index is 0.0407. The van der Waals surface area contributed by atoms with Crippen LogP contribution in [0.15, 0.2) is 59.3 Å². The minimum atomic E-state index is -1.83. The van der Waals surface area contributed by atoms with Gasteiger partial charge in [0.1, 0.15) is 35.9 Å².